The Morgan fingerprint density at radius 2 is 2.21 bits per heavy atom. The van der Waals surface area contributed by atoms with Crippen LogP contribution in [0, 0.1) is 5.92 Å². The largest absolute Gasteiger partial charge is 0.496 e. The minimum atomic E-state index is -0.584. The van der Waals surface area contributed by atoms with Crippen molar-refractivity contribution in [2.24, 2.45) is 11.7 Å². The quantitative estimate of drug-likeness (QED) is 0.828. The van der Waals surface area contributed by atoms with Crippen molar-refractivity contribution in [1.82, 2.24) is 4.90 Å². The Hall–Kier alpha value is -1.01. The highest BCUT2D eigenvalue weighted by Gasteiger charge is 2.27. The maximum absolute atomic E-state index is 12.3. The van der Waals surface area contributed by atoms with Crippen LogP contribution in [0.3, 0.4) is 0 Å². The van der Waals surface area contributed by atoms with E-state index in [9.17, 15) is 4.79 Å². The van der Waals surface area contributed by atoms with Crippen LogP contribution in [0.5, 0.6) is 5.75 Å². The maximum Gasteiger partial charge on any atom is 0.241 e. The van der Waals surface area contributed by atoms with Crippen LogP contribution in [0.15, 0.2) is 18.2 Å². The van der Waals surface area contributed by atoms with E-state index in [0.717, 1.165) is 37.1 Å². The average molecular weight is 377 g/mol. The Balaban J connectivity index is 0.00000288. The molecule has 2 rings (SSSR count). The molecule has 1 heterocycles. The molecule has 0 spiro atoms. The van der Waals surface area contributed by atoms with Gasteiger partial charge in [-0.3, -0.25) is 4.79 Å². The van der Waals surface area contributed by atoms with Gasteiger partial charge >= 0.3 is 0 Å². The number of piperidine rings is 1. The molecule has 0 bridgehead atoms. The summed E-state index contributed by atoms with van der Waals surface area (Å²) in [5.74, 6) is 1.19. The predicted molar refractivity (Wildman–Crippen MR) is 98.1 cm³/mol. The molecule has 2 atom stereocenters. The number of halogens is 2. The van der Waals surface area contributed by atoms with Gasteiger partial charge in [-0.2, -0.15) is 0 Å². The molecule has 2 N–H and O–H groups in total. The Labute approximate surface area is 154 Å². The summed E-state index contributed by atoms with van der Waals surface area (Å²) in [6.45, 7) is 1.73. The number of likely N-dealkylation sites (tertiary alicyclic amines) is 1. The second-order valence-corrected chi connectivity index (χ2v) is 6.45. The second kappa shape index (κ2) is 10.1. The molecule has 1 aromatic rings. The van der Waals surface area contributed by atoms with E-state index in [2.05, 4.69) is 0 Å². The zero-order valence-electron chi connectivity index (χ0n) is 14.2. The van der Waals surface area contributed by atoms with Gasteiger partial charge in [0.15, 0.2) is 0 Å². The molecule has 1 amide bonds. The summed E-state index contributed by atoms with van der Waals surface area (Å²) >= 11 is 6.10. The first-order valence-electron chi connectivity index (χ1n) is 7.91. The Morgan fingerprint density at radius 3 is 2.88 bits per heavy atom. The van der Waals surface area contributed by atoms with Gasteiger partial charge in [-0.1, -0.05) is 11.6 Å². The van der Waals surface area contributed by atoms with E-state index in [4.69, 9.17) is 26.8 Å². The van der Waals surface area contributed by atoms with Crippen molar-refractivity contribution in [1.29, 1.82) is 0 Å². The van der Waals surface area contributed by atoms with Gasteiger partial charge in [0.05, 0.1) is 13.7 Å². The first-order valence-corrected chi connectivity index (χ1v) is 8.28. The number of rotatable bonds is 6. The number of amides is 1. The smallest absolute Gasteiger partial charge is 0.241 e. The highest BCUT2D eigenvalue weighted by Crippen LogP contribution is 2.28. The fraction of sp³-hybridized carbons (Fsp3) is 0.588. The van der Waals surface area contributed by atoms with Crippen LogP contribution in [-0.2, 0) is 16.0 Å². The van der Waals surface area contributed by atoms with Gasteiger partial charge in [0.25, 0.3) is 0 Å². The van der Waals surface area contributed by atoms with Crippen molar-refractivity contribution in [2.45, 2.75) is 25.3 Å². The molecule has 1 aromatic carbocycles. The van der Waals surface area contributed by atoms with Gasteiger partial charge in [0, 0.05) is 25.2 Å². The van der Waals surface area contributed by atoms with Crippen molar-refractivity contribution < 1.29 is 14.3 Å². The summed E-state index contributed by atoms with van der Waals surface area (Å²) in [5.41, 5.74) is 6.95. The Kier molecular flexibility index (Phi) is 8.84. The monoisotopic (exact) mass is 376 g/mol. The lowest BCUT2D eigenvalue weighted by atomic mass is 9.90. The van der Waals surface area contributed by atoms with Crippen LogP contribution in [0.25, 0.3) is 0 Å². The summed E-state index contributed by atoms with van der Waals surface area (Å²) in [7, 11) is 3.21. The minimum Gasteiger partial charge on any atom is -0.496 e. The van der Waals surface area contributed by atoms with Crippen molar-refractivity contribution in [3.05, 3.63) is 28.8 Å². The lowest BCUT2D eigenvalue weighted by Gasteiger charge is -2.34. The van der Waals surface area contributed by atoms with Crippen LogP contribution in [0.2, 0.25) is 5.02 Å². The molecule has 0 aliphatic carbocycles. The van der Waals surface area contributed by atoms with Crippen LogP contribution in [-0.4, -0.2) is 50.8 Å². The average Bonchev–Trinajstić information content (AvgIpc) is 2.55. The topological polar surface area (TPSA) is 64.8 Å². The summed E-state index contributed by atoms with van der Waals surface area (Å²) < 4.78 is 10.4. The zero-order valence-corrected chi connectivity index (χ0v) is 15.7. The van der Waals surface area contributed by atoms with Gasteiger partial charge in [-0.15, -0.1) is 12.4 Å². The molecule has 2 unspecified atom stereocenters. The van der Waals surface area contributed by atoms with Crippen LogP contribution < -0.4 is 10.5 Å². The number of hydrogen-bond donors (Lipinski definition) is 1. The SMILES string of the molecule is COCC(N)C(=O)N1CCCC(Cc2cc(Cl)ccc2OC)C1.Cl. The summed E-state index contributed by atoms with van der Waals surface area (Å²) in [5, 5.41) is 0.701. The first kappa shape index (κ1) is 21.0. The highest BCUT2D eigenvalue weighted by molar-refractivity contribution is 6.30. The second-order valence-electron chi connectivity index (χ2n) is 6.01. The first-order chi connectivity index (χ1) is 11.0. The summed E-state index contributed by atoms with van der Waals surface area (Å²) in [4.78, 5) is 14.2. The lowest BCUT2D eigenvalue weighted by Crippen LogP contribution is -2.49. The van der Waals surface area contributed by atoms with E-state index in [1.165, 1.54) is 0 Å². The molecule has 1 saturated heterocycles. The van der Waals surface area contributed by atoms with E-state index in [0.29, 0.717) is 17.5 Å². The van der Waals surface area contributed by atoms with Gasteiger partial charge in [-0.05, 0) is 48.9 Å². The molecule has 0 aromatic heterocycles. The fourth-order valence-corrected chi connectivity index (χ4v) is 3.33. The molecular formula is C17H26Cl2N2O3. The Morgan fingerprint density at radius 1 is 1.46 bits per heavy atom. The lowest BCUT2D eigenvalue weighted by molar-refractivity contribution is -0.135. The van der Waals surface area contributed by atoms with E-state index >= 15 is 0 Å². The third kappa shape index (κ3) is 5.52. The maximum atomic E-state index is 12.3. The van der Waals surface area contributed by atoms with Gasteiger partial charge in [-0.25, -0.2) is 0 Å². The molecule has 7 heteroatoms. The third-order valence-corrected chi connectivity index (χ3v) is 4.48. The van der Waals surface area contributed by atoms with Gasteiger partial charge in [0.1, 0.15) is 11.8 Å². The van der Waals surface area contributed by atoms with Crippen molar-refractivity contribution in [2.75, 3.05) is 33.9 Å². The van der Waals surface area contributed by atoms with E-state index < -0.39 is 6.04 Å². The highest BCUT2D eigenvalue weighted by atomic mass is 35.5. The standard InChI is InChI=1S/C17H25ClN2O3.ClH/c1-22-11-15(19)17(21)20-7-3-4-12(10-20)8-13-9-14(18)5-6-16(13)23-2;/h5-6,9,12,15H,3-4,7-8,10-11,19H2,1-2H3;1H. The number of methoxy groups -OCH3 is 2. The van der Waals surface area contributed by atoms with E-state index in [1.54, 1.807) is 14.2 Å². The van der Waals surface area contributed by atoms with E-state index in [1.807, 2.05) is 23.1 Å². The molecule has 136 valence electrons. The predicted octanol–water partition coefficient (Wildman–Crippen LogP) is 2.53. The number of ether oxygens (including phenoxy) is 2. The van der Waals surface area contributed by atoms with Gasteiger partial charge < -0.3 is 20.1 Å². The number of carbonyl (C=O) groups is 1. The Bertz CT molecular complexity index is 543. The van der Waals surface area contributed by atoms with Crippen LogP contribution in [0.1, 0.15) is 18.4 Å². The van der Waals surface area contributed by atoms with Gasteiger partial charge in [0.2, 0.25) is 5.91 Å². The number of carbonyl (C=O) groups excluding carboxylic acids is 1. The summed E-state index contributed by atoms with van der Waals surface area (Å²) in [6, 6.07) is 5.07. The molecule has 1 fully saturated rings. The zero-order chi connectivity index (χ0) is 16.8. The number of benzene rings is 1. The van der Waals surface area contributed by atoms with Crippen LogP contribution >= 0.6 is 24.0 Å². The molecule has 24 heavy (non-hydrogen) atoms. The third-order valence-electron chi connectivity index (χ3n) is 4.25. The number of hydrogen-bond acceptors (Lipinski definition) is 4. The van der Waals surface area contributed by atoms with Crippen LogP contribution in [0.4, 0.5) is 0 Å². The molecule has 0 saturated carbocycles. The molecule has 5 nitrogen and oxygen atoms in total. The van der Waals surface area contributed by atoms with Crippen molar-refractivity contribution in [3.63, 3.8) is 0 Å². The number of nitrogens with two attached hydrogens (primary N) is 1. The number of nitrogens with zero attached hydrogens (tertiary/aromatic N) is 1. The molecular weight excluding hydrogens is 351 g/mol. The van der Waals surface area contributed by atoms with Crippen molar-refractivity contribution in [3.8, 4) is 5.75 Å². The van der Waals surface area contributed by atoms with E-state index in [-0.39, 0.29) is 24.9 Å². The minimum absolute atomic E-state index is 0. The molecule has 1 aliphatic heterocycles. The normalized spacial score (nSPS) is 18.7. The molecule has 0 radical (unpaired) electrons. The van der Waals surface area contributed by atoms with Crippen molar-refractivity contribution >= 4 is 29.9 Å². The summed E-state index contributed by atoms with van der Waals surface area (Å²) in [6.07, 6.45) is 2.91. The fourth-order valence-electron chi connectivity index (χ4n) is 3.13. The molecule has 1 aliphatic rings.